The van der Waals surface area contributed by atoms with Crippen LogP contribution in [0.5, 0.6) is 0 Å². The molecule has 0 aromatic heterocycles. The molecule has 0 saturated carbocycles. The average molecular weight is 304 g/mol. The third kappa shape index (κ3) is 5.02. The van der Waals surface area contributed by atoms with Gasteiger partial charge in [-0.05, 0) is 45.7 Å². The van der Waals surface area contributed by atoms with Crippen LogP contribution in [0.25, 0.3) is 0 Å². The molecule has 1 aromatic carbocycles. The Bertz CT molecular complexity index is 482. The molecule has 2 rings (SSSR count). The first-order valence-corrected chi connectivity index (χ1v) is 8.07. The number of likely N-dealkylation sites (tertiary alicyclic amines) is 1. The summed E-state index contributed by atoms with van der Waals surface area (Å²) in [7, 11) is 1.85. The Morgan fingerprint density at radius 2 is 2.00 bits per heavy atom. The first-order valence-electron chi connectivity index (χ1n) is 8.07. The predicted molar refractivity (Wildman–Crippen MR) is 88.7 cm³/mol. The van der Waals surface area contributed by atoms with Crippen molar-refractivity contribution >= 4 is 6.09 Å². The highest BCUT2D eigenvalue weighted by Crippen LogP contribution is 2.19. The molecule has 4 heteroatoms. The largest absolute Gasteiger partial charge is 0.444 e. The molecule has 4 nitrogen and oxygen atoms in total. The summed E-state index contributed by atoms with van der Waals surface area (Å²) < 4.78 is 5.47. The van der Waals surface area contributed by atoms with Gasteiger partial charge in [0, 0.05) is 26.2 Å². The topological polar surface area (TPSA) is 32.8 Å². The number of likely N-dealkylation sites (N-methyl/N-ethyl adjacent to an activating group) is 1. The average Bonchev–Trinajstić information content (AvgIpc) is 2.46. The van der Waals surface area contributed by atoms with Gasteiger partial charge < -0.3 is 9.64 Å². The Hall–Kier alpha value is -1.55. The molecule has 1 saturated heterocycles. The van der Waals surface area contributed by atoms with Crippen molar-refractivity contribution in [2.75, 3.05) is 20.1 Å². The molecule has 1 aliphatic heterocycles. The monoisotopic (exact) mass is 304 g/mol. The summed E-state index contributed by atoms with van der Waals surface area (Å²) in [5.74, 6) is 0. The van der Waals surface area contributed by atoms with Crippen LogP contribution in [-0.4, -0.2) is 47.7 Å². The smallest absolute Gasteiger partial charge is 0.410 e. The van der Waals surface area contributed by atoms with E-state index in [0.717, 1.165) is 32.5 Å². The maximum Gasteiger partial charge on any atom is 0.410 e. The maximum atomic E-state index is 12.2. The Labute approximate surface area is 134 Å². The zero-order valence-electron chi connectivity index (χ0n) is 14.2. The van der Waals surface area contributed by atoms with Crippen LogP contribution >= 0.6 is 0 Å². The van der Waals surface area contributed by atoms with Crippen molar-refractivity contribution in [3.63, 3.8) is 0 Å². The highest BCUT2D eigenvalue weighted by Gasteiger charge is 2.29. The number of benzene rings is 1. The third-order valence-corrected chi connectivity index (χ3v) is 3.96. The van der Waals surface area contributed by atoms with Gasteiger partial charge in [0.25, 0.3) is 0 Å². The van der Waals surface area contributed by atoms with Crippen molar-refractivity contribution in [1.82, 2.24) is 9.80 Å². The minimum atomic E-state index is -0.441. The fraction of sp³-hybridized carbons (Fsp3) is 0.611. The van der Waals surface area contributed by atoms with Gasteiger partial charge in [-0.1, -0.05) is 30.3 Å². The van der Waals surface area contributed by atoms with E-state index < -0.39 is 5.60 Å². The minimum Gasteiger partial charge on any atom is -0.444 e. The summed E-state index contributed by atoms with van der Waals surface area (Å²) in [6.07, 6.45) is 1.94. The van der Waals surface area contributed by atoms with Gasteiger partial charge in [0.05, 0.1) is 0 Å². The summed E-state index contributed by atoms with van der Waals surface area (Å²) >= 11 is 0. The molecule has 1 aliphatic rings. The molecule has 22 heavy (non-hydrogen) atoms. The summed E-state index contributed by atoms with van der Waals surface area (Å²) in [5.41, 5.74) is 0.882. The molecule has 0 spiro atoms. The first kappa shape index (κ1) is 16.8. The summed E-state index contributed by atoms with van der Waals surface area (Å²) in [6.45, 7) is 8.65. The zero-order valence-corrected chi connectivity index (χ0v) is 14.2. The molecule has 1 unspecified atom stereocenters. The van der Waals surface area contributed by atoms with E-state index in [2.05, 4.69) is 29.2 Å². The predicted octanol–water partition coefficient (Wildman–Crippen LogP) is 3.52. The SMILES string of the molecule is CN(C(=O)OC(C)(C)C)C1CCCN(Cc2ccccc2)C1. The quantitative estimate of drug-likeness (QED) is 0.856. The van der Waals surface area contributed by atoms with E-state index in [1.54, 1.807) is 4.90 Å². The number of rotatable bonds is 3. The lowest BCUT2D eigenvalue weighted by Gasteiger charge is -2.38. The maximum absolute atomic E-state index is 12.2. The van der Waals surface area contributed by atoms with Crippen LogP contribution in [0, 0.1) is 0 Å². The molecule has 1 amide bonds. The van der Waals surface area contributed by atoms with E-state index in [-0.39, 0.29) is 12.1 Å². The van der Waals surface area contributed by atoms with Crippen LogP contribution in [0.2, 0.25) is 0 Å². The second-order valence-corrected chi connectivity index (χ2v) is 7.11. The molecule has 0 bridgehead atoms. The molecule has 1 aromatic rings. The fourth-order valence-corrected chi connectivity index (χ4v) is 2.82. The highest BCUT2D eigenvalue weighted by molar-refractivity contribution is 5.68. The number of piperidine rings is 1. The first-order chi connectivity index (χ1) is 10.3. The summed E-state index contributed by atoms with van der Waals surface area (Å²) in [4.78, 5) is 16.4. The molecule has 1 fully saturated rings. The summed E-state index contributed by atoms with van der Waals surface area (Å²) in [5, 5.41) is 0. The van der Waals surface area contributed by atoms with Gasteiger partial charge in [-0.3, -0.25) is 4.90 Å². The van der Waals surface area contributed by atoms with Crippen LogP contribution in [0.4, 0.5) is 4.79 Å². The zero-order chi connectivity index (χ0) is 16.2. The normalized spacial score (nSPS) is 19.7. The van der Waals surface area contributed by atoms with Crippen LogP contribution in [-0.2, 0) is 11.3 Å². The van der Waals surface area contributed by atoms with Crippen molar-refractivity contribution < 1.29 is 9.53 Å². The van der Waals surface area contributed by atoms with Crippen molar-refractivity contribution in [2.45, 2.75) is 51.8 Å². The Balaban J connectivity index is 1.91. The lowest BCUT2D eigenvalue weighted by atomic mass is 10.0. The van der Waals surface area contributed by atoms with E-state index in [4.69, 9.17) is 4.74 Å². The molecule has 0 aliphatic carbocycles. The van der Waals surface area contributed by atoms with Crippen molar-refractivity contribution in [2.24, 2.45) is 0 Å². The highest BCUT2D eigenvalue weighted by atomic mass is 16.6. The number of nitrogens with zero attached hydrogens (tertiary/aromatic N) is 2. The second-order valence-electron chi connectivity index (χ2n) is 7.11. The number of carbonyl (C=O) groups excluding carboxylic acids is 1. The van der Waals surface area contributed by atoms with E-state index in [1.807, 2.05) is 33.9 Å². The number of amides is 1. The Morgan fingerprint density at radius 1 is 1.32 bits per heavy atom. The van der Waals surface area contributed by atoms with E-state index >= 15 is 0 Å². The lowest BCUT2D eigenvalue weighted by molar-refractivity contribution is 0.0130. The second kappa shape index (κ2) is 7.14. The standard InChI is InChI=1S/C18H28N2O2/c1-18(2,3)22-17(21)19(4)16-11-8-12-20(14-16)13-15-9-6-5-7-10-15/h5-7,9-10,16H,8,11-14H2,1-4H3. The van der Waals surface area contributed by atoms with Gasteiger partial charge in [-0.2, -0.15) is 0 Å². The molecule has 122 valence electrons. The van der Waals surface area contributed by atoms with Gasteiger partial charge in [0.2, 0.25) is 0 Å². The molecule has 0 N–H and O–H groups in total. The van der Waals surface area contributed by atoms with Crippen LogP contribution in [0.15, 0.2) is 30.3 Å². The number of hydrogen-bond donors (Lipinski definition) is 0. The van der Waals surface area contributed by atoms with Crippen molar-refractivity contribution in [1.29, 1.82) is 0 Å². The van der Waals surface area contributed by atoms with Crippen LogP contribution < -0.4 is 0 Å². The molecule has 1 atom stereocenters. The summed E-state index contributed by atoms with van der Waals surface area (Å²) in [6, 6.07) is 10.7. The van der Waals surface area contributed by atoms with Crippen LogP contribution in [0.3, 0.4) is 0 Å². The van der Waals surface area contributed by atoms with Gasteiger partial charge >= 0.3 is 6.09 Å². The number of hydrogen-bond acceptors (Lipinski definition) is 3. The van der Waals surface area contributed by atoms with Gasteiger partial charge in [0.15, 0.2) is 0 Å². The van der Waals surface area contributed by atoms with Crippen molar-refractivity contribution in [3.8, 4) is 0 Å². The molecular formula is C18H28N2O2. The van der Waals surface area contributed by atoms with Gasteiger partial charge in [0.1, 0.15) is 5.60 Å². The van der Waals surface area contributed by atoms with E-state index in [9.17, 15) is 4.79 Å². The minimum absolute atomic E-state index is 0.223. The van der Waals surface area contributed by atoms with Crippen molar-refractivity contribution in [3.05, 3.63) is 35.9 Å². The fourth-order valence-electron chi connectivity index (χ4n) is 2.82. The molecule has 1 heterocycles. The lowest BCUT2D eigenvalue weighted by Crippen LogP contribution is -2.49. The molecule has 0 radical (unpaired) electrons. The number of carbonyl (C=O) groups is 1. The Kier molecular flexibility index (Phi) is 5.46. The third-order valence-electron chi connectivity index (χ3n) is 3.96. The van der Waals surface area contributed by atoms with Gasteiger partial charge in [-0.25, -0.2) is 4.79 Å². The van der Waals surface area contributed by atoms with E-state index in [1.165, 1.54) is 5.56 Å². The van der Waals surface area contributed by atoms with Crippen LogP contribution in [0.1, 0.15) is 39.2 Å². The number of ether oxygens (including phenoxy) is 1. The van der Waals surface area contributed by atoms with E-state index in [0.29, 0.717) is 0 Å². The Morgan fingerprint density at radius 3 is 2.64 bits per heavy atom. The van der Waals surface area contributed by atoms with Gasteiger partial charge in [-0.15, -0.1) is 0 Å². The molecular weight excluding hydrogens is 276 g/mol.